The van der Waals surface area contributed by atoms with E-state index in [-0.39, 0.29) is 6.61 Å². The molecule has 47 heavy (non-hydrogen) atoms. The van der Waals surface area contributed by atoms with Gasteiger partial charge in [0.1, 0.15) is 36.6 Å². The highest BCUT2D eigenvalue weighted by Crippen LogP contribution is 2.23. The van der Waals surface area contributed by atoms with E-state index in [4.69, 9.17) is 14.2 Å². The van der Waals surface area contributed by atoms with Gasteiger partial charge in [-0.3, -0.25) is 0 Å². The van der Waals surface area contributed by atoms with Crippen LogP contribution >= 0.6 is 0 Å². The zero-order chi connectivity index (χ0) is 34.1. The Morgan fingerprint density at radius 3 is 1.83 bits per heavy atom. The standard InChI is InChI=1S/C38H68O9/c1-2-3-4-5-6-7-8-9-10-11-15-21-26-31(40)34(41)33(29-46-38-37(44)36(43)35(42)32(28-39)47-38)45-27-22-16-13-12-14-18-23-30-24-19-17-20-25-30/h17,19-20,24-25,31-44H,2-16,18,21-23,26-29H2,1H3/t31-,32-,33+,34-,35+,36+,37-,38+/m1/s1. The first-order chi connectivity index (χ1) is 22.9. The molecule has 0 aliphatic carbocycles. The Hall–Kier alpha value is -1.14. The molecule has 1 aliphatic heterocycles. The van der Waals surface area contributed by atoms with Gasteiger partial charge in [-0.15, -0.1) is 0 Å². The summed E-state index contributed by atoms with van der Waals surface area (Å²) in [6, 6.07) is 10.5. The first-order valence-corrected chi connectivity index (χ1v) is 18.8. The molecule has 1 aliphatic rings. The van der Waals surface area contributed by atoms with Crippen molar-refractivity contribution >= 4 is 0 Å². The molecule has 0 radical (unpaired) electrons. The van der Waals surface area contributed by atoms with Crippen LogP contribution in [0.25, 0.3) is 0 Å². The lowest BCUT2D eigenvalue weighted by Crippen LogP contribution is -2.59. The SMILES string of the molecule is CCCCCCCCCCCCCC[C@@H](O)[C@@H](O)[C@H](CO[C@H]1O[C@H](CO)[C@H](O)[C@H](O)[C@H]1O)OCCCCCCCCc1ccccc1. The lowest BCUT2D eigenvalue weighted by molar-refractivity contribution is -0.307. The predicted molar refractivity (Wildman–Crippen MR) is 185 cm³/mol. The maximum absolute atomic E-state index is 11.0. The molecule has 1 aromatic rings. The number of benzene rings is 1. The molecule has 0 spiro atoms. The summed E-state index contributed by atoms with van der Waals surface area (Å²) in [5, 5.41) is 61.9. The molecule has 0 aromatic heterocycles. The number of rotatable bonds is 29. The molecule has 0 amide bonds. The van der Waals surface area contributed by atoms with E-state index < -0.39 is 55.6 Å². The van der Waals surface area contributed by atoms with Gasteiger partial charge in [0.2, 0.25) is 0 Å². The van der Waals surface area contributed by atoms with Crippen LogP contribution in [0.1, 0.15) is 134 Å². The van der Waals surface area contributed by atoms with Gasteiger partial charge in [0.25, 0.3) is 0 Å². The van der Waals surface area contributed by atoms with Gasteiger partial charge in [0.15, 0.2) is 6.29 Å². The maximum atomic E-state index is 11.0. The Bertz CT molecular complexity index is 842. The number of aryl methyl sites for hydroxylation is 1. The summed E-state index contributed by atoms with van der Waals surface area (Å²) < 4.78 is 17.2. The van der Waals surface area contributed by atoms with Crippen LogP contribution in [-0.4, -0.2) is 99.5 Å². The molecule has 9 heteroatoms. The second-order valence-corrected chi connectivity index (χ2v) is 13.5. The van der Waals surface area contributed by atoms with E-state index in [1.54, 1.807) is 0 Å². The van der Waals surface area contributed by atoms with Crippen LogP contribution in [0.4, 0.5) is 0 Å². The summed E-state index contributed by atoms with van der Waals surface area (Å²) in [5.41, 5.74) is 1.37. The molecule has 0 saturated carbocycles. The molecule has 1 aromatic carbocycles. The number of aliphatic hydroxyl groups is 6. The quantitative estimate of drug-likeness (QED) is 0.0602. The average Bonchev–Trinajstić information content (AvgIpc) is 3.09. The fourth-order valence-electron chi connectivity index (χ4n) is 6.27. The largest absolute Gasteiger partial charge is 0.394 e. The van der Waals surface area contributed by atoms with Gasteiger partial charge in [-0.05, 0) is 31.2 Å². The van der Waals surface area contributed by atoms with Crippen molar-refractivity contribution in [1.29, 1.82) is 0 Å². The Labute approximate surface area is 284 Å². The normalized spacial score (nSPS) is 23.5. The van der Waals surface area contributed by atoms with Crippen LogP contribution in [0, 0.1) is 0 Å². The Morgan fingerprint density at radius 2 is 1.23 bits per heavy atom. The molecule has 1 fully saturated rings. The summed E-state index contributed by atoms with van der Waals surface area (Å²) >= 11 is 0. The van der Waals surface area contributed by atoms with Gasteiger partial charge in [-0.2, -0.15) is 0 Å². The topological polar surface area (TPSA) is 149 Å². The monoisotopic (exact) mass is 668 g/mol. The molecule has 1 saturated heterocycles. The van der Waals surface area contributed by atoms with E-state index in [0.717, 1.165) is 51.4 Å². The van der Waals surface area contributed by atoms with Gasteiger partial charge < -0.3 is 44.8 Å². The van der Waals surface area contributed by atoms with Crippen molar-refractivity contribution in [2.75, 3.05) is 19.8 Å². The minimum absolute atomic E-state index is 0.196. The van der Waals surface area contributed by atoms with Crippen LogP contribution < -0.4 is 0 Å². The van der Waals surface area contributed by atoms with Crippen LogP contribution in [0.15, 0.2) is 30.3 Å². The zero-order valence-corrected chi connectivity index (χ0v) is 29.2. The third-order valence-electron chi connectivity index (χ3n) is 9.44. The van der Waals surface area contributed by atoms with Crippen molar-refractivity contribution in [1.82, 2.24) is 0 Å². The molecular weight excluding hydrogens is 600 g/mol. The summed E-state index contributed by atoms with van der Waals surface area (Å²) in [6.45, 7) is 1.87. The highest BCUT2D eigenvalue weighted by molar-refractivity contribution is 5.14. The van der Waals surface area contributed by atoms with Gasteiger partial charge in [-0.1, -0.05) is 140 Å². The van der Waals surface area contributed by atoms with E-state index in [2.05, 4.69) is 31.2 Å². The molecule has 8 atom stereocenters. The van der Waals surface area contributed by atoms with Gasteiger partial charge in [0.05, 0.1) is 19.3 Å². The Morgan fingerprint density at radius 1 is 0.681 bits per heavy atom. The fourth-order valence-corrected chi connectivity index (χ4v) is 6.27. The van der Waals surface area contributed by atoms with Crippen molar-refractivity contribution < 1.29 is 44.8 Å². The lowest BCUT2D eigenvalue weighted by atomic mass is 9.99. The third-order valence-corrected chi connectivity index (χ3v) is 9.44. The van der Waals surface area contributed by atoms with Crippen molar-refractivity contribution in [3.8, 4) is 0 Å². The molecule has 0 unspecified atom stereocenters. The Balaban J connectivity index is 1.71. The number of aliphatic hydroxyl groups excluding tert-OH is 6. The molecule has 6 N–H and O–H groups in total. The Kier molecular flexibility index (Phi) is 23.9. The number of ether oxygens (including phenoxy) is 3. The minimum atomic E-state index is -1.56. The summed E-state index contributed by atoms with van der Waals surface area (Å²) in [7, 11) is 0. The fraction of sp³-hybridized carbons (Fsp3) is 0.842. The summed E-state index contributed by atoms with van der Waals surface area (Å²) in [4.78, 5) is 0. The smallest absolute Gasteiger partial charge is 0.186 e. The molecule has 0 bridgehead atoms. The molecule has 2 rings (SSSR count). The lowest BCUT2D eigenvalue weighted by Gasteiger charge is -2.40. The molecule has 9 nitrogen and oxygen atoms in total. The van der Waals surface area contributed by atoms with E-state index in [1.165, 1.54) is 76.2 Å². The van der Waals surface area contributed by atoms with E-state index in [0.29, 0.717) is 13.0 Å². The van der Waals surface area contributed by atoms with Gasteiger partial charge in [0, 0.05) is 6.61 Å². The maximum Gasteiger partial charge on any atom is 0.186 e. The van der Waals surface area contributed by atoms with E-state index >= 15 is 0 Å². The van der Waals surface area contributed by atoms with Gasteiger partial charge in [-0.25, -0.2) is 0 Å². The molecular formula is C38H68O9. The number of hydrogen-bond acceptors (Lipinski definition) is 9. The first kappa shape index (κ1) is 42.0. The predicted octanol–water partition coefficient (Wildman–Crippen LogP) is 5.58. The first-order valence-electron chi connectivity index (χ1n) is 18.8. The summed E-state index contributed by atoms with van der Waals surface area (Å²) in [5.74, 6) is 0. The minimum Gasteiger partial charge on any atom is -0.394 e. The number of hydrogen-bond donors (Lipinski definition) is 6. The van der Waals surface area contributed by atoms with E-state index in [1.807, 2.05) is 6.07 Å². The highest BCUT2D eigenvalue weighted by Gasteiger charge is 2.44. The highest BCUT2D eigenvalue weighted by atomic mass is 16.7. The van der Waals surface area contributed by atoms with Crippen LogP contribution in [0.3, 0.4) is 0 Å². The number of unbranched alkanes of at least 4 members (excludes halogenated alkanes) is 16. The zero-order valence-electron chi connectivity index (χ0n) is 29.2. The van der Waals surface area contributed by atoms with Crippen molar-refractivity contribution in [3.63, 3.8) is 0 Å². The molecule has 274 valence electrons. The van der Waals surface area contributed by atoms with Gasteiger partial charge >= 0.3 is 0 Å². The average molecular weight is 669 g/mol. The third kappa shape index (κ3) is 17.9. The summed E-state index contributed by atoms with van der Waals surface area (Å²) in [6.07, 6.45) is 12.5. The second kappa shape index (κ2) is 26.7. The van der Waals surface area contributed by atoms with Crippen LogP contribution in [0.5, 0.6) is 0 Å². The molecule has 1 heterocycles. The van der Waals surface area contributed by atoms with Crippen molar-refractivity contribution in [3.05, 3.63) is 35.9 Å². The van der Waals surface area contributed by atoms with E-state index in [9.17, 15) is 30.6 Å². The second-order valence-electron chi connectivity index (χ2n) is 13.5. The van der Waals surface area contributed by atoms with Crippen molar-refractivity contribution in [2.45, 2.75) is 184 Å². The van der Waals surface area contributed by atoms with Crippen LogP contribution in [0.2, 0.25) is 0 Å². The van der Waals surface area contributed by atoms with Crippen LogP contribution in [-0.2, 0) is 20.6 Å². The van der Waals surface area contributed by atoms with Crippen molar-refractivity contribution in [2.24, 2.45) is 0 Å².